The number of unbranched alkanes of at least 4 members (excludes halogenated alkanes) is 1. The van der Waals surface area contributed by atoms with Gasteiger partial charge in [-0.15, -0.1) is 0 Å². The van der Waals surface area contributed by atoms with Crippen LogP contribution >= 0.6 is 11.8 Å². The zero-order valence-corrected chi connectivity index (χ0v) is 14.5. The summed E-state index contributed by atoms with van der Waals surface area (Å²) < 4.78 is 5.38. The van der Waals surface area contributed by atoms with Crippen molar-refractivity contribution in [2.45, 2.75) is 57.2 Å². The number of hydrogen-bond donors (Lipinski definition) is 1. The molecule has 1 aliphatic carbocycles. The number of hydrogen-bond acceptors (Lipinski definition) is 3. The third-order valence-corrected chi connectivity index (χ3v) is 5.66. The summed E-state index contributed by atoms with van der Waals surface area (Å²) in [5.41, 5.74) is 2.96. The number of methoxy groups -OCH3 is 1. The van der Waals surface area contributed by atoms with Gasteiger partial charge in [-0.05, 0) is 61.2 Å². The fourth-order valence-electron chi connectivity index (χ4n) is 2.99. The molecule has 2 atom stereocenters. The van der Waals surface area contributed by atoms with Crippen molar-refractivity contribution in [2.24, 2.45) is 0 Å². The minimum Gasteiger partial charge on any atom is -0.497 e. The molecule has 21 heavy (non-hydrogen) atoms. The van der Waals surface area contributed by atoms with Gasteiger partial charge in [-0.3, -0.25) is 0 Å². The lowest BCUT2D eigenvalue weighted by atomic mass is 9.87. The van der Waals surface area contributed by atoms with Crippen LogP contribution in [0.1, 0.15) is 56.7 Å². The van der Waals surface area contributed by atoms with Crippen molar-refractivity contribution in [2.75, 3.05) is 19.4 Å². The molecule has 2 unspecified atom stereocenters. The molecule has 1 aliphatic rings. The van der Waals surface area contributed by atoms with Gasteiger partial charge in [0.05, 0.1) is 7.11 Å². The average Bonchev–Trinajstić information content (AvgIpc) is 2.53. The summed E-state index contributed by atoms with van der Waals surface area (Å²) in [5.74, 6) is 2.27. The Hall–Kier alpha value is -0.670. The molecule has 0 spiro atoms. The molecular weight excluding hydrogens is 278 g/mol. The Balaban J connectivity index is 2.13. The van der Waals surface area contributed by atoms with Gasteiger partial charge in [0.2, 0.25) is 0 Å². The number of benzene rings is 1. The highest BCUT2D eigenvalue weighted by molar-refractivity contribution is 7.99. The van der Waals surface area contributed by atoms with Crippen LogP contribution in [0, 0.1) is 0 Å². The second-order valence-electron chi connectivity index (χ2n) is 5.80. The first kappa shape index (κ1) is 16.7. The molecule has 0 saturated heterocycles. The molecule has 0 aromatic heterocycles. The Morgan fingerprint density at radius 2 is 2.14 bits per heavy atom. The number of fused-ring (bicyclic) bond motifs is 1. The molecule has 3 heteroatoms. The standard InChI is InChI=1S/C18H29NOS/c1-4-6-12-21-17-10-7-14-13-15(20-3)8-9-16(14)18(17)19-11-5-2/h8-9,13,17-19H,4-7,10-12H2,1-3H3. The number of ether oxygens (including phenoxy) is 1. The number of aryl methyl sites for hydroxylation is 1. The molecule has 118 valence electrons. The Morgan fingerprint density at radius 3 is 2.86 bits per heavy atom. The molecule has 2 rings (SSSR count). The number of nitrogens with one attached hydrogen (secondary N) is 1. The molecule has 0 amide bonds. The highest BCUT2D eigenvalue weighted by Crippen LogP contribution is 2.38. The molecule has 0 radical (unpaired) electrons. The fraction of sp³-hybridized carbons (Fsp3) is 0.667. The van der Waals surface area contributed by atoms with Crippen LogP contribution in [0.5, 0.6) is 5.75 Å². The molecule has 0 heterocycles. The predicted molar refractivity (Wildman–Crippen MR) is 93.5 cm³/mol. The summed E-state index contributed by atoms with van der Waals surface area (Å²) in [6.07, 6.45) is 6.27. The van der Waals surface area contributed by atoms with Gasteiger partial charge in [-0.2, -0.15) is 11.8 Å². The van der Waals surface area contributed by atoms with Gasteiger partial charge in [0.1, 0.15) is 5.75 Å². The van der Waals surface area contributed by atoms with E-state index >= 15 is 0 Å². The van der Waals surface area contributed by atoms with E-state index in [-0.39, 0.29) is 0 Å². The summed E-state index contributed by atoms with van der Waals surface area (Å²) in [5, 5.41) is 4.49. The van der Waals surface area contributed by atoms with Gasteiger partial charge in [0.25, 0.3) is 0 Å². The van der Waals surface area contributed by atoms with E-state index in [9.17, 15) is 0 Å². The molecule has 0 saturated carbocycles. The summed E-state index contributed by atoms with van der Waals surface area (Å²) in [4.78, 5) is 0. The first-order valence-electron chi connectivity index (χ1n) is 8.32. The van der Waals surface area contributed by atoms with E-state index in [0.29, 0.717) is 11.3 Å². The van der Waals surface area contributed by atoms with E-state index < -0.39 is 0 Å². The van der Waals surface area contributed by atoms with Crippen LogP contribution < -0.4 is 10.1 Å². The van der Waals surface area contributed by atoms with Crippen molar-refractivity contribution in [3.05, 3.63) is 29.3 Å². The van der Waals surface area contributed by atoms with Crippen molar-refractivity contribution in [1.82, 2.24) is 5.32 Å². The average molecular weight is 308 g/mol. The maximum absolute atomic E-state index is 5.38. The molecule has 1 aromatic rings. The van der Waals surface area contributed by atoms with Crippen LogP contribution in [0.25, 0.3) is 0 Å². The Kier molecular flexibility index (Phi) is 6.91. The summed E-state index contributed by atoms with van der Waals surface area (Å²) in [7, 11) is 1.75. The van der Waals surface area contributed by atoms with Crippen LogP contribution in [-0.4, -0.2) is 24.7 Å². The lowest BCUT2D eigenvalue weighted by Crippen LogP contribution is -2.35. The topological polar surface area (TPSA) is 21.3 Å². The van der Waals surface area contributed by atoms with E-state index in [1.807, 2.05) is 0 Å². The fourth-order valence-corrected chi connectivity index (χ4v) is 4.47. The van der Waals surface area contributed by atoms with Gasteiger partial charge >= 0.3 is 0 Å². The Labute approximate surface area is 134 Å². The zero-order chi connectivity index (χ0) is 15.1. The van der Waals surface area contributed by atoms with Crippen molar-refractivity contribution in [3.63, 3.8) is 0 Å². The molecule has 1 aromatic carbocycles. The maximum Gasteiger partial charge on any atom is 0.119 e. The van der Waals surface area contributed by atoms with E-state index in [0.717, 1.165) is 12.3 Å². The van der Waals surface area contributed by atoms with E-state index in [1.165, 1.54) is 49.0 Å². The lowest BCUT2D eigenvalue weighted by molar-refractivity contribution is 0.411. The third kappa shape index (κ3) is 4.40. The van der Waals surface area contributed by atoms with Crippen molar-refractivity contribution in [3.8, 4) is 5.75 Å². The van der Waals surface area contributed by atoms with Gasteiger partial charge in [-0.1, -0.05) is 26.3 Å². The normalized spacial score (nSPS) is 21.1. The highest BCUT2D eigenvalue weighted by atomic mass is 32.2. The monoisotopic (exact) mass is 307 g/mol. The number of rotatable bonds is 8. The van der Waals surface area contributed by atoms with Crippen LogP contribution in [0.15, 0.2) is 18.2 Å². The summed E-state index contributed by atoms with van der Waals surface area (Å²) in [6.45, 7) is 5.61. The zero-order valence-electron chi connectivity index (χ0n) is 13.7. The maximum atomic E-state index is 5.38. The van der Waals surface area contributed by atoms with Gasteiger partial charge < -0.3 is 10.1 Å². The Bertz CT molecular complexity index is 435. The first-order valence-corrected chi connectivity index (χ1v) is 9.36. The molecule has 1 N–H and O–H groups in total. The first-order chi connectivity index (χ1) is 10.3. The summed E-state index contributed by atoms with van der Waals surface area (Å²) in [6, 6.07) is 7.11. The SMILES string of the molecule is CCCCSC1CCc2cc(OC)ccc2C1NCCC. The minimum atomic E-state index is 0.501. The van der Waals surface area contributed by atoms with Crippen LogP contribution in [0.2, 0.25) is 0 Å². The van der Waals surface area contributed by atoms with E-state index in [4.69, 9.17) is 4.74 Å². The van der Waals surface area contributed by atoms with Gasteiger partial charge in [0.15, 0.2) is 0 Å². The second-order valence-corrected chi connectivity index (χ2v) is 7.15. The van der Waals surface area contributed by atoms with E-state index in [2.05, 4.69) is 49.1 Å². The smallest absolute Gasteiger partial charge is 0.119 e. The molecule has 0 bridgehead atoms. The van der Waals surface area contributed by atoms with Crippen LogP contribution in [0.3, 0.4) is 0 Å². The predicted octanol–water partition coefficient (Wildman–Crippen LogP) is 4.58. The van der Waals surface area contributed by atoms with Crippen molar-refractivity contribution >= 4 is 11.8 Å². The highest BCUT2D eigenvalue weighted by Gasteiger charge is 2.29. The largest absolute Gasteiger partial charge is 0.497 e. The molecule has 2 nitrogen and oxygen atoms in total. The van der Waals surface area contributed by atoms with Crippen molar-refractivity contribution < 1.29 is 4.74 Å². The van der Waals surface area contributed by atoms with E-state index in [1.54, 1.807) is 7.11 Å². The third-order valence-electron chi connectivity index (χ3n) is 4.20. The second kappa shape index (κ2) is 8.70. The molecule has 0 aliphatic heterocycles. The quantitative estimate of drug-likeness (QED) is 0.710. The summed E-state index contributed by atoms with van der Waals surface area (Å²) >= 11 is 2.16. The van der Waals surface area contributed by atoms with Crippen molar-refractivity contribution in [1.29, 1.82) is 0 Å². The van der Waals surface area contributed by atoms with Gasteiger partial charge in [-0.25, -0.2) is 0 Å². The number of thioether (sulfide) groups is 1. The Morgan fingerprint density at radius 1 is 1.29 bits per heavy atom. The minimum absolute atomic E-state index is 0.501. The van der Waals surface area contributed by atoms with Crippen LogP contribution in [-0.2, 0) is 6.42 Å². The lowest BCUT2D eigenvalue weighted by Gasteiger charge is -2.34. The molecular formula is C18H29NOS. The van der Waals surface area contributed by atoms with Crippen LogP contribution in [0.4, 0.5) is 0 Å². The molecule has 0 fully saturated rings. The van der Waals surface area contributed by atoms with Gasteiger partial charge in [0, 0.05) is 11.3 Å².